The molecule has 0 heterocycles. The summed E-state index contributed by atoms with van der Waals surface area (Å²) in [7, 11) is 1.63. The predicted molar refractivity (Wildman–Crippen MR) is 84.6 cm³/mol. The number of benzene rings is 2. The standard InChI is InChI=1S/C18H20O4/c1-3-21-16-6-4-5-7-17(16)22-18(19)13-10-14-8-11-15(20-2)12-9-14/h4-9,11-12H,3,10,13H2,1-2H3. The summed E-state index contributed by atoms with van der Waals surface area (Å²) >= 11 is 0. The van der Waals surface area contributed by atoms with Crippen LogP contribution in [0.1, 0.15) is 18.9 Å². The smallest absolute Gasteiger partial charge is 0.311 e. The number of carbonyl (C=O) groups is 1. The van der Waals surface area contributed by atoms with Crippen molar-refractivity contribution >= 4 is 5.97 Å². The van der Waals surface area contributed by atoms with Gasteiger partial charge in [-0.1, -0.05) is 24.3 Å². The topological polar surface area (TPSA) is 44.8 Å². The highest BCUT2D eigenvalue weighted by Crippen LogP contribution is 2.26. The molecular weight excluding hydrogens is 280 g/mol. The number of carbonyl (C=O) groups excluding carboxylic acids is 1. The normalized spacial score (nSPS) is 10.1. The Bertz CT molecular complexity index is 605. The zero-order chi connectivity index (χ0) is 15.8. The molecule has 0 aliphatic carbocycles. The number of hydrogen-bond acceptors (Lipinski definition) is 4. The van der Waals surface area contributed by atoms with E-state index >= 15 is 0 Å². The van der Waals surface area contributed by atoms with Crippen molar-refractivity contribution in [3.63, 3.8) is 0 Å². The van der Waals surface area contributed by atoms with Crippen molar-refractivity contribution in [2.45, 2.75) is 19.8 Å². The van der Waals surface area contributed by atoms with Gasteiger partial charge >= 0.3 is 5.97 Å². The molecule has 4 nitrogen and oxygen atoms in total. The quantitative estimate of drug-likeness (QED) is 0.578. The van der Waals surface area contributed by atoms with E-state index in [-0.39, 0.29) is 5.97 Å². The highest BCUT2D eigenvalue weighted by Gasteiger charge is 2.10. The lowest BCUT2D eigenvalue weighted by Crippen LogP contribution is -2.10. The number of methoxy groups -OCH3 is 1. The lowest BCUT2D eigenvalue weighted by molar-refractivity contribution is -0.134. The lowest BCUT2D eigenvalue weighted by Gasteiger charge is -2.10. The number of ether oxygens (including phenoxy) is 3. The van der Waals surface area contributed by atoms with Crippen LogP contribution in [0, 0.1) is 0 Å². The molecule has 0 spiro atoms. The average molecular weight is 300 g/mol. The Morgan fingerprint density at radius 1 is 1.00 bits per heavy atom. The molecule has 116 valence electrons. The molecule has 0 aliphatic rings. The minimum Gasteiger partial charge on any atom is -0.497 e. The second kappa shape index (κ2) is 8.08. The number of esters is 1. The number of hydrogen-bond donors (Lipinski definition) is 0. The van der Waals surface area contributed by atoms with Gasteiger partial charge in [0.2, 0.25) is 0 Å². The van der Waals surface area contributed by atoms with Gasteiger partial charge in [-0.2, -0.15) is 0 Å². The Hall–Kier alpha value is -2.49. The van der Waals surface area contributed by atoms with Crippen LogP contribution in [0.5, 0.6) is 17.2 Å². The third kappa shape index (κ3) is 4.52. The molecular formula is C18H20O4. The van der Waals surface area contributed by atoms with E-state index in [9.17, 15) is 4.79 Å². The molecule has 0 saturated carbocycles. The minimum atomic E-state index is -0.275. The second-order valence-corrected chi connectivity index (χ2v) is 4.70. The van der Waals surface area contributed by atoms with E-state index in [1.165, 1.54) is 0 Å². The van der Waals surface area contributed by atoms with Crippen LogP contribution in [0.4, 0.5) is 0 Å². The lowest BCUT2D eigenvalue weighted by atomic mass is 10.1. The molecule has 0 saturated heterocycles. The zero-order valence-corrected chi connectivity index (χ0v) is 12.9. The third-order valence-electron chi connectivity index (χ3n) is 3.15. The molecule has 4 heteroatoms. The van der Waals surface area contributed by atoms with Crippen LogP contribution in [-0.4, -0.2) is 19.7 Å². The van der Waals surface area contributed by atoms with E-state index in [0.717, 1.165) is 11.3 Å². The molecule has 2 rings (SSSR count). The summed E-state index contributed by atoms with van der Waals surface area (Å²) in [5.41, 5.74) is 1.07. The van der Waals surface area contributed by atoms with Crippen molar-refractivity contribution in [1.29, 1.82) is 0 Å². The van der Waals surface area contributed by atoms with Crippen molar-refractivity contribution in [3.8, 4) is 17.2 Å². The first-order chi connectivity index (χ1) is 10.7. The predicted octanol–water partition coefficient (Wildman–Crippen LogP) is 3.63. The van der Waals surface area contributed by atoms with Crippen LogP contribution in [-0.2, 0) is 11.2 Å². The number of aryl methyl sites for hydroxylation is 1. The maximum absolute atomic E-state index is 12.0. The highest BCUT2D eigenvalue weighted by molar-refractivity contribution is 5.73. The van der Waals surface area contributed by atoms with Gasteiger partial charge in [0, 0.05) is 6.42 Å². The molecule has 0 aliphatic heterocycles. The van der Waals surface area contributed by atoms with Gasteiger partial charge < -0.3 is 14.2 Å². The van der Waals surface area contributed by atoms with Gasteiger partial charge in [-0.25, -0.2) is 0 Å². The van der Waals surface area contributed by atoms with Crippen LogP contribution in [0.15, 0.2) is 48.5 Å². The minimum absolute atomic E-state index is 0.275. The zero-order valence-electron chi connectivity index (χ0n) is 12.9. The summed E-state index contributed by atoms with van der Waals surface area (Å²) < 4.78 is 15.9. The molecule has 0 radical (unpaired) electrons. The van der Waals surface area contributed by atoms with E-state index in [1.54, 1.807) is 19.2 Å². The maximum atomic E-state index is 12.0. The molecule has 0 aromatic heterocycles. The summed E-state index contributed by atoms with van der Waals surface area (Å²) in [5.74, 6) is 1.58. The summed E-state index contributed by atoms with van der Waals surface area (Å²) in [4.78, 5) is 12.0. The van der Waals surface area contributed by atoms with Gasteiger partial charge in [0.25, 0.3) is 0 Å². The molecule has 22 heavy (non-hydrogen) atoms. The molecule has 0 bridgehead atoms. The van der Waals surface area contributed by atoms with Gasteiger partial charge in [-0.05, 0) is 43.2 Å². The van der Waals surface area contributed by atoms with E-state index in [1.807, 2.05) is 43.3 Å². The Morgan fingerprint density at radius 3 is 2.32 bits per heavy atom. The summed E-state index contributed by atoms with van der Waals surface area (Å²) in [5, 5.41) is 0. The van der Waals surface area contributed by atoms with Gasteiger partial charge in [-0.3, -0.25) is 4.79 Å². The van der Waals surface area contributed by atoms with E-state index in [2.05, 4.69) is 0 Å². The molecule has 2 aromatic rings. The van der Waals surface area contributed by atoms with E-state index < -0.39 is 0 Å². The Kier molecular flexibility index (Phi) is 5.83. The largest absolute Gasteiger partial charge is 0.497 e. The first-order valence-corrected chi connectivity index (χ1v) is 7.28. The third-order valence-corrected chi connectivity index (χ3v) is 3.15. The summed E-state index contributed by atoms with van der Waals surface area (Å²) in [6.45, 7) is 2.42. The second-order valence-electron chi connectivity index (χ2n) is 4.70. The Labute approximate surface area is 130 Å². The summed E-state index contributed by atoms with van der Waals surface area (Å²) in [6, 6.07) is 14.8. The Balaban J connectivity index is 1.90. The Morgan fingerprint density at radius 2 is 1.68 bits per heavy atom. The van der Waals surface area contributed by atoms with Crippen molar-refractivity contribution in [3.05, 3.63) is 54.1 Å². The van der Waals surface area contributed by atoms with Crippen LogP contribution in [0.2, 0.25) is 0 Å². The van der Waals surface area contributed by atoms with Gasteiger partial charge in [0.05, 0.1) is 13.7 Å². The van der Waals surface area contributed by atoms with Crippen LogP contribution in [0.3, 0.4) is 0 Å². The average Bonchev–Trinajstić information content (AvgIpc) is 2.55. The fraction of sp³-hybridized carbons (Fsp3) is 0.278. The maximum Gasteiger partial charge on any atom is 0.311 e. The van der Waals surface area contributed by atoms with Crippen molar-refractivity contribution in [2.75, 3.05) is 13.7 Å². The fourth-order valence-electron chi connectivity index (χ4n) is 2.02. The molecule has 0 unspecified atom stereocenters. The molecule has 0 amide bonds. The first-order valence-electron chi connectivity index (χ1n) is 7.28. The molecule has 2 aromatic carbocycles. The van der Waals surface area contributed by atoms with Crippen molar-refractivity contribution < 1.29 is 19.0 Å². The van der Waals surface area contributed by atoms with Crippen LogP contribution < -0.4 is 14.2 Å². The number of para-hydroxylation sites is 2. The van der Waals surface area contributed by atoms with Gasteiger partial charge in [-0.15, -0.1) is 0 Å². The first kappa shape index (κ1) is 15.9. The SMILES string of the molecule is CCOc1ccccc1OC(=O)CCc1ccc(OC)cc1. The molecule has 0 N–H and O–H groups in total. The van der Waals surface area contributed by atoms with Crippen molar-refractivity contribution in [1.82, 2.24) is 0 Å². The van der Waals surface area contributed by atoms with Crippen LogP contribution in [0.25, 0.3) is 0 Å². The molecule has 0 fully saturated rings. The van der Waals surface area contributed by atoms with Gasteiger partial charge in [0.15, 0.2) is 11.5 Å². The monoisotopic (exact) mass is 300 g/mol. The molecule has 0 atom stereocenters. The van der Waals surface area contributed by atoms with Gasteiger partial charge in [0.1, 0.15) is 5.75 Å². The summed E-state index contributed by atoms with van der Waals surface area (Å²) in [6.07, 6.45) is 0.937. The van der Waals surface area contributed by atoms with E-state index in [0.29, 0.717) is 30.9 Å². The van der Waals surface area contributed by atoms with E-state index in [4.69, 9.17) is 14.2 Å². The fourth-order valence-corrected chi connectivity index (χ4v) is 2.02. The van der Waals surface area contributed by atoms with Crippen molar-refractivity contribution in [2.24, 2.45) is 0 Å². The van der Waals surface area contributed by atoms with Crippen LogP contribution >= 0.6 is 0 Å². The number of rotatable bonds is 7. The highest BCUT2D eigenvalue weighted by atomic mass is 16.6.